The van der Waals surface area contributed by atoms with E-state index in [4.69, 9.17) is 9.84 Å². The number of aromatic nitrogens is 2. The van der Waals surface area contributed by atoms with Crippen LogP contribution in [0.5, 0.6) is 5.75 Å². The molecule has 3 aromatic rings. The van der Waals surface area contributed by atoms with Crippen molar-refractivity contribution in [2.75, 3.05) is 18.5 Å². The van der Waals surface area contributed by atoms with Gasteiger partial charge in [-0.3, -0.25) is 10.00 Å². The summed E-state index contributed by atoms with van der Waals surface area (Å²) in [6.07, 6.45) is 6.80. The predicted octanol–water partition coefficient (Wildman–Crippen LogP) is 3.85. The van der Waals surface area contributed by atoms with Crippen LogP contribution in [-0.4, -0.2) is 51.5 Å². The number of aliphatic hydroxyl groups is 1. The topological polar surface area (TPSA) is 73.4 Å². The third-order valence-corrected chi connectivity index (χ3v) is 6.66. The fraction of sp³-hybridized carbons (Fsp3) is 0.458. The van der Waals surface area contributed by atoms with Crippen molar-refractivity contribution in [2.24, 2.45) is 0 Å². The van der Waals surface area contributed by atoms with E-state index in [2.05, 4.69) is 63.7 Å². The van der Waals surface area contributed by atoms with E-state index in [0.717, 1.165) is 28.8 Å². The number of nitrogens with zero attached hydrogens (tertiary/aromatic N) is 2. The maximum absolute atomic E-state index is 9.05. The average molecular weight is 407 g/mol. The summed E-state index contributed by atoms with van der Waals surface area (Å²) in [4.78, 5) is 2.69. The van der Waals surface area contributed by atoms with Crippen LogP contribution in [0.4, 0.5) is 5.69 Å². The van der Waals surface area contributed by atoms with Crippen LogP contribution in [-0.2, 0) is 6.54 Å². The quantitative estimate of drug-likeness (QED) is 0.556. The number of rotatable bonds is 7. The first kappa shape index (κ1) is 19.4. The minimum atomic E-state index is 0.0435. The highest BCUT2D eigenvalue weighted by Crippen LogP contribution is 2.38. The third-order valence-electron chi connectivity index (χ3n) is 6.66. The second kappa shape index (κ2) is 8.28. The van der Waals surface area contributed by atoms with Gasteiger partial charge in [0.1, 0.15) is 12.4 Å². The van der Waals surface area contributed by atoms with Crippen molar-refractivity contribution in [1.82, 2.24) is 15.1 Å². The lowest BCUT2D eigenvalue weighted by Crippen LogP contribution is -2.46. The molecule has 3 N–H and O–H groups in total. The zero-order valence-corrected chi connectivity index (χ0v) is 17.5. The van der Waals surface area contributed by atoms with Gasteiger partial charge in [-0.15, -0.1) is 0 Å². The Morgan fingerprint density at radius 2 is 2.00 bits per heavy atom. The van der Waals surface area contributed by atoms with E-state index < -0.39 is 0 Å². The summed E-state index contributed by atoms with van der Waals surface area (Å²) in [7, 11) is 0. The first-order valence-electron chi connectivity index (χ1n) is 11.0. The molecular formula is C24H30N4O2. The molecule has 0 saturated carbocycles. The lowest BCUT2D eigenvalue weighted by Gasteiger charge is -2.39. The van der Waals surface area contributed by atoms with Gasteiger partial charge in [-0.05, 0) is 68.0 Å². The smallest absolute Gasteiger partial charge is 0.122 e. The second-order valence-corrected chi connectivity index (χ2v) is 8.71. The first-order valence-corrected chi connectivity index (χ1v) is 11.0. The molecule has 158 valence electrons. The minimum absolute atomic E-state index is 0.0435. The summed E-state index contributed by atoms with van der Waals surface area (Å²) < 4.78 is 5.71. The molecule has 6 heteroatoms. The molecule has 6 nitrogen and oxygen atoms in total. The van der Waals surface area contributed by atoms with E-state index >= 15 is 0 Å². The number of hydrogen-bond acceptors (Lipinski definition) is 5. The summed E-state index contributed by atoms with van der Waals surface area (Å²) in [5.74, 6) is 0.889. The van der Waals surface area contributed by atoms with Crippen LogP contribution < -0.4 is 10.1 Å². The van der Waals surface area contributed by atoms with Crippen molar-refractivity contribution in [3.63, 3.8) is 0 Å². The molecule has 2 aliphatic heterocycles. The number of aromatic amines is 1. The van der Waals surface area contributed by atoms with Gasteiger partial charge in [-0.25, -0.2) is 0 Å². The molecule has 1 aromatic heterocycles. The maximum Gasteiger partial charge on any atom is 0.122 e. The molecule has 30 heavy (non-hydrogen) atoms. The van der Waals surface area contributed by atoms with Crippen LogP contribution in [0.3, 0.4) is 0 Å². The van der Waals surface area contributed by atoms with Gasteiger partial charge >= 0.3 is 0 Å². The zero-order valence-electron chi connectivity index (χ0n) is 17.5. The zero-order chi connectivity index (χ0) is 20.5. The normalized spacial score (nSPS) is 23.7. The summed E-state index contributed by atoms with van der Waals surface area (Å²) in [6.45, 7) is 3.41. The fourth-order valence-corrected chi connectivity index (χ4v) is 5.18. The molecule has 2 bridgehead atoms. The molecule has 1 unspecified atom stereocenters. The first-order chi connectivity index (χ1) is 14.7. The van der Waals surface area contributed by atoms with Crippen LogP contribution in [0.15, 0.2) is 42.6 Å². The van der Waals surface area contributed by atoms with E-state index in [1.54, 1.807) is 0 Å². The van der Waals surface area contributed by atoms with Crippen molar-refractivity contribution in [3.05, 3.63) is 53.7 Å². The molecule has 0 radical (unpaired) electrons. The summed E-state index contributed by atoms with van der Waals surface area (Å²) in [5.41, 5.74) is 4.68. The van der Waals surface area contributed by atoms with E-state index in [1.165, 1.54) is 36.9 Å². The summed E-state index contributed by atoms with van der Waals surface area (Å²) in [6, 6.07) is 14.7. The van der Waals surface area contributed by atoms with Gasteiger partial charge in [0.2, 0.25) is 0 Å². The molecule has 2 aliphatic rings. The Morgan fingerprint density at radius 3 is 2.80 bits per heavy atom. The van der Waals surface area contributed by atoms with Crippen molar-refractivity contribution in [1.29, 1.82) is 0 Å². The molecule has 0 aliphatic carbocycles. The van der Waals surface area contributed by atoms with Crippen LogP contribution in [0, 0.1) is 6.92 Å². The van der Waals surface area contributed by atoms with Crippen molar-refractivity contribution >= 4 is 16.6 Å². The fourth-order valence-electron chi connectivity index (χ4n) is 5.18. The number of nitrogens with one attached hydrogen (secondary N) is 2. The van der Waals surface area contributed by atoms with E-state index in [9.17, 15) is 0 Å². The predicted molar refractivity (Wildman–Crippen MR) is 119 cm³/mol. The van der Waals surface area contributed by atoms with Gasteiger partial charge < -0.3 is 15.2 Å². The largest absolute Gasteiger partial charge is 0.491 e. The Morgan fingerprint density at radius 1 is 1.17 bits per heavy atom. The SMILES string of the molecule is Cc1ccc(CN2[C@@H]3CC[C@H]2CC(Nc2ccc4[nH]ncc4c2)C3)cc1OCCO. The van der Waals surface area contributed by atoms with Gasteiger partial charge in [0.25, 0.3) is 0 Å². The second-order valence-electron chi connectivity index (χ2n) is 8.71. The Hall–Kier alpha value is -2.57. The molecular weight excluding hydrogens is 376 g/mol. The minimum Gasteiger partial charge on any atom is -0.491 e. The molecule has 3 heterocycles. The maximum atomic E-state index is 9.05. The average Bonchev–Trinajstić information content (AvgIpc) is 3.29. The number of hydrogen-bond donors (Lipinski definition) is 3. The lowest BCUT2D eigenvalue weighted by molar-refractivity contribution is 0.124. The lowest BCUT2D eigenvalue weighted by atomic mass is 9.96. The van der Waals surface area contributed by atoms with E-state index in [1.807, 2.05) is 6.20 Å². The molecule has 2 aromatic carbocycles. The Kier molecular flexibility index (Phi) is 5.35. The Balaban J connectivity index is 1.24. The van der Waals surface area contributed by atoms with Crippen LogP contribution in [0.25, 0.3) is 10.9 Å². The van der Waals surface area contributed by atoms with Gasteiger partial charge in [0.05, 0.1) is 18.3 Å². The molecule has 0 amide bonds. The van der Waals surface area contributed by atoms with Gasteiger partial charge in [-0.1, -0.05) is 12.1 Å². The van der Waals surface area contributed by atoms with Crippen molar-refractivity contribution in [3.8, 4) is 5.75 Å². The Labute approximate surface area is 177 Å². The summed E-state index contributed by atoms with van der Waals surface area (Å²) in [5, 5.41) is 21.1. The number of fused-ring (bicyclic) bond motifs is 3. The highest BCUT2D eigenvalue weighted by atomic mass is 16.5. The Bertz CT molecular complexity index is 1000. The number of aliphatic hydroxyl groups excluding tert-OH is 1. The number of H-pyrrole nitrogens is 1. The van der Waals surface area contributed by atoms with Crippen LogP contribution in [0.1, 0.15) is 36.8 Å². The molecule has 2 saturated heterocycles. The number of ether oxygens (including phenoxy) is 1. The van der Waals surface area contributed by atoms with Gasteiger partial charge in [0, 0.05) is 35.7 Å². The number of benzene rings is 2. The number of aryl methyl sites for hydroxylation is 1. The monoisotopic (exact) mass is 406 g/mol. The third kappa shape index (κ3) is 3.89. The van der Waals surface area contributed by atoms with E-state index in [0.29, 0.717) is 24.7 Å². The molecule has 0 spiro atoms. The highest BCUT2D eigenvalue weighted by molar-refractivity contribution is 5.81. The number of anilines is 1. The van der Waals surface area contributed by atoms with Crippen LogP contribution in [0.2, 0.25) is 0 Å². The van der Waals surface area contributed by atoms with Crippen molar-refractivity contribution < 1.29 is 9.84 Å². The molecule has 2 fully saturated rings. The summed E-state index contributed by atoms with van der Waals surface area (Å²) >= 11 is 0. The van der Waals surface area contributed by atoms with E-state index in [-0.39, 0.29) is 6.61 Å². The van der Waals surface area contributed by atoms with Gasteiger partial charge in [-0.2, -0.15) is 5.10 Å². The van der Waals surface area contributed by atoms with Crippen molar-refractivity contribution in [2.45, 2.75) is 57.3 Å². The highest BCUT2D eigenvalue weighted by Gasteiger charge is 2.40. The molecule has 3 atom stereocenters. The number of piperidine rings is 1. The molecule has 5 rings (SSSR count). The van der Waals surface area contributed by atoms with Gasteiger partial charge in [0.15, 0.2) is 0 Å². The van der Waals surface area contributed by atoms with Crippen LogP contribution >= 0.6 is 0 Å². The standard InChI is InChI=1S/C24H30N4O2/c1-16-2-3-17(10-24(16)30-9-8-29)15-28-21-5-6-22(28)13-20(12-21)26-19-4-7-23-18(11-19)14-25-27-23/h2-4,7,10-11,14,20-22,26,29H,5-6,8-9,12-13,15H2,1H3,(H,25,27)/t20?,21-,22+.